The molecule has 0 aliphatic carbocycles. The number of nitrogens with zero attached hydrogens (tertiary/aromatic N) is 2. The van der Waals surface area contributed by atoms with E-state index in [4.69, 9.17) is 0 Å². The molecule has 3 heteroatoms. The Kier molecular flexibility index (Phi) is 5.39. The van der Waals surface area contributed by atoms with Gasteiger partial charge in [-0.1, -0.05) is 67.6 Å². The van der Waals surface area contributed by atoms with Crippen LogP contribution in [0.1, 0.15) is 30.4 Å². The fourth-order valence-electron chi connectivity index (χ4n) is 4.72. The Morgan fingerprint density at radius 2 is 1.65 bits per heavy atom. The predicted octanol–water partition coefficient (Wildman–Crippen LogP) is 3.15. The molecule has 2 saturated heterocycles. The van der Waals surface area contributed by atoms with Gasteiger partial charge in [-0.05, 0) is 29.9 Å². The molecule has 138 valence electrons. The Morgan fingerprint density at radius 1 is 0.962 bits per heavy atom. The number of aliphatic hydroxyl groups excluding tert-OH is 1. The Morgan fingerprint density at radius 3 is 2.38 bits per heavy atom. The van der Waals surface area contributed by atoms with Gasteiger partial charge in [0.25, 0.3) is 0 Å². The van der Waals surface area contributed by atoms with Crippen LogP contribution in [0.3, 0.4) is 0 Å². The van der Waals surface area contributed by atoms with E-state index >= 15 is 0 Å². The van der Waals surface area contributed by atoms with Crippen LogP contribution in [0.5, 0.6) is 0 Å². The molecule has 2 aromatic carbocycles. The molecule has 2 aliphatic rings. The molecule has 3 nitrogen and oxygen atoms in total. The van der Waals surface area contributed by atoms with Crippen molar-refractivity contribution < 1.29 is 5.11 Å². The first kappa shape index (κ1) is 17.7. The molecule has 0 spiro atoms. The molecular weight excluding hydrogens is 320 g/mol. The van der Waals surface area contributed by atoms with E-state index < -0.39 is 0 Å². The van der Waals surface area contributed by atoms with Crippen LogP contribution in [0, 0.1) is 0 Å². The summed E-state index contributed by atoms with van der Waals surface area (Å²) in [7, 11) is 0. The fraction of sp³-hybridized carbons (Fsp3) is 0.478. The number of aliphatic hydroxyl groups is 1. The molecule has 1 N–H and O–H groups in total. The minimum atomic E-state index is -0.149. The molecule has 2 aliphatic heterocycles. The van der Waals surface area contributed by atoms with Gasteiger partial charge >= 0.3 is 0 Å². The summed E-state index contributed by atoms with van der Waals surface area (Å²) < 4.78 is 0. The summed E-state index contributed by atoms with van der Waals surface area (Å²) in [6.45, 7) is 6.41. The lowest BCUT2D eigenvalue weighted by Gasteiger charge is -2.44. The molecule has 4 atom stereocenters. The van der Waals surface area contributed by atoms with E-state index in [1.165, 1.54) is 11.1 Å². The molecule has 0 amide bonds. The predicted molar refractivity (Wildman–Crippen MR) is 106 cm³/mol. The van der Waals surface area contributed by atoms with E-state index in [0.717, 1.165) is 39.0 Å². The summed E-state index contributed by atoms with van der Waals surface area (Å²) in [5.74, 6) is 0.521. The zero-order valence-electron chi connectivity index (χ0n) is 15.7. The molecule has 26 heavy (non-hydrogen) atoms. The first-order valence-corrected chi connectivity index (χ1v) is 9.94. The standard InChI is InChI=1S/C23H30N2O/c1-18(20-10-6-3-7-11-20)14-24-16-22-13-23(26)17-25(22)15-21(24)12-19-8-4-2-5-9-19/h2-11,18,21-23,26H,12-17H2,1H3/t18?,21-,22+,23-/m1/s1. The normalized spacial score (nSPS) is 28.0. The van der Waals surface area contributed by atoms with Crippen molar-refractivity contribution in [3.8, 4) is 0 Å². The SMILES string of the molecule is CC(CN1C[C@@H]2C[C@@H](O)CN2C[C@H]1Cc1ccccc1)c1ccccc1. The largest absolute Gasteiger partial charge is 0.392 e. The summed E-state index contributed by atoms with van der Waals surface area (Å²) in [6.07, 6.45) is 1.86. The first-order valence-electron chi connectivity index (χ1n) is 9.94. The number of hydrogen-bond acceptors (Lipinski definition) is 3. The second-order valence-electron chi connectivity index (χ2n) is 8.11. The summed E-state index contributed by atoms with van der Waals surface area (Å²) in [5.41, 5.74) is 2.83. The molecule has 2 heterocycles. The third kappa shape index (κ3) is 4.01. The van der Waals surface area contributed by atoms with E-state index in [0.29, 0.717) is 18.0 Å². The number of rotatable bonds is 5. The van der Waals surface area contributed by atoms with Gasteiger partial charge in [-0.3, -0.25) is 9.80 Å². The Hall–Kier alpha value is -1.68. The van der Waals surface area contributed by atoms with Crippen molar-refractivity contribution in [1.29, 1.82) is 0 Å². The van der Waals surface area contributed by atoms with Gasteiger partial charge in [0.2, 0.25) is 0 Å². The van der Waals surface area contributed by atoms with Crippen molar-refractivity contribution in [2.75, 3.05) is 26.2 Å². The zero-order valence-corrected chi connectivity index (χ0v) is 15.7. The highest BCUT2D eigenvalue weighted by atomic mass is 16.3. The lowest BCUT2D eigenvalue weighted by molar-refractivity contribution is 0.0466. The van der Waals surface area contributed by atoms with E-state index in [1.807, 2.05) is 0 Å². The van der Waals surface area contributed by atoms with Gasteiger partial charge in [0.05, 0.1) is 6.10 Å². The molecule has 0 radical (unpaired) electrons. The van der Waals surface area contributed by atoms with Crippen molar-refractivity contribution >= 4 is 0 Å². The molecule has 0 bridgehead atoms. The molecule has 4 rings (SSSR count). The lowest BCUT2D eigenvalue weighted by Crippen LogP contribution is -2.57. The van der Waals surface area contributed by atoms with Crippen LogP contribution in [-0.4, -0.2) is 59.3 Å². The van der Waals surface area contributed by atoms with Crippen molar-refractivity contribution in [1.82, 2.24) is 9.80 Å². The third-order valence-corrected chi connectivity index (χ3v) is 6.10. The summed E-state index contributed by atoms with van der Waals surface area (Å²) in [4.78, 5) is 5.20. The molecule has 2 fully saturated rings. The van der Waals surface area contributed by atoms with Crippen LogP contribution in [0.2, 0.25) is 0 Å². The smallest absolute Gasteiger partial charge is 0.0682 e. The summed E-state index contributed by atoms with van der Waals surface area (Å²) in [6, 6.07) is 22.7. The van der Waals surface area contributed by atoms with Gasteiger partial charge in [0, 0.05) is 38.3 Å². The average molecular weight is 351 g/mol. The highest BCUT2D eigenvalue weighted by molar-refractivity contribution is 5.20. The molecule has 0 aromatic heterocycles. The minimum Gasteiger partial charge on any atom is -0.392 e. The highest BCUT2D eigenvalue weighted by Gasteiger charge is 2.39. The van der Waals surface area contributed by atoms with Gasteiger partial charge in [-0.2, -0.15) is 0 Å². The molecule has 2 aromatic rings. The average Bonchev–Trinajstić information content (AvgIpc) is 3.02. The quantitative estimate of drug-likeness (QED) is 0.897. The second-order valence-corrected chi connectivity index (χ2v) is 8.11. The topological polar surface area (TPSA) is 26.7 Å². The molecular formula is C23H30N2O. The highest BCUT2D eigenvalue weighted by Crippen LogP contribution is 2.28. The monoisotopic (exact) mass is 350 g/mol. The van der Waals surface area contributed by atoms with Gasteiger partial charge in [0.1, 0.15) is 0 Å². The maximum atomic E-state index is 10.1. The molecule has 1 unspecified atom stereocenters. The van der Waals surface area contributed by atoms with Crippen LogP contribution in [0.15, 0.2) is 60.7 Å². The van der Waals surface area contributed by atoms with Crippen LogP contribution in [0.25, 0.3) is 0 Å². The van der Waals surface area contributed by atoms with Crippen molar-refractivity contribution in [3.63, 3.8) is 0 Å². The maximum absolute atomic E-state index is 10.1. The van der Waals surface area contributed by atoms with Crippen LogP contribution >= 0.6 is 0 Å². The van der Waals surface area contributed by atoms with Crippen molar-refractivity contribution in [2.24, 2.45) is 0 Å². The van der Waals surface area contributed by atoms with Gasteiger partial charge in [0.15, 0.2) is 0 Å². The zero-order chi connectivity index (χ0) is 17.9. The van der Waals surface area contributed by atoms with Crippen LogP contribution in [-0.2, 0) is 6.42 Å². The van der Waals surface area contributed by atoms with Crippen molar-refractivity contribution in [3.05, 3.63) is 71.8 Å². The van der Waals surface area contributed by atoms with Gasteiger partial charge < -0.3 is 5.11 Å². The fourth-order valence-corrected chi connectivity index (χ4v) is 4.72. The van der Waals surface area contributed by atoms with Crippen LogP contribution in [0.4, 0.5) is 0 Å². The lowest BCUT2D eigenvalue weighted by atomic mass is 9.95. The van der Waals surface area contributed by atoms with Gasteiger partial charge in [-0.25, -0.2) is 0 Å². The molecule has 0 saturated carbocycles. The Labute approximate surface area is 157 Å². The first-order chi connectivity index (χ1) is 12.7. The van der Waals surface area contributed by atoms with E-state index in [9.17, 15) is 5.11 Å². The summed E-state index contributed by atoms with van der Waals surface area (Å²) >= 11 is 0. The second kappa shape index (κ2) is 7.91. The van der Waals surface area contributed by atoms with E-state index in [2.05, 4.69) is 77.4 Å². The Balaban J connectivity index is 1.50. The minimum absolute atomic E-state index is 0.149. The van der Waals surface area contributed by atoms with Gasteiger partial charge in [-0.15, -0.1) is 0 Å². The van der Waals surface area contributed by atoms with E-state index in [1.54, 1.807) is 0 Å². The van der Waals surface area contributed by atoms with E-state index in [-0.39, 0.29) is 6.10 Å². The van der Waals surface area contributed by atoms with Crippen LogP contribution < -0.4 is 0 Å². The van der Waals surface area contributed by atoms with Crippen molar-refractivity contribution in [2.45, 2.75) is 43.9 Å². The maximum Gasteiger partial charge on any atom is 0.0682 e. The number of benzene rings is 2. The number of piperazine rings is 1. The third-order valence-electron chi connectivity index (χ3n) is 6.10. The number of hydrogen-bond donors (Lipinski definition) is 1. The summed E-state index contributed by atoms with van der Waals surface area (Å²) in [5, 5.41) is 10.1. The Bertz CT molecular complexity index is 690. The number of fused-ring (bicyclic) bond motifs is 1.